The Kier molecular flexibility index (Phi) is 14.4. The molecule has 10 aromatic rings. The number of pyridine rings is 1. The fourth-order valence-corrected chi connectivity index (χ4v) is 11.6. The summed E-state index contributed by atoms with van der Waals surface area (Å²) in [6.45, 7) is 23.1. The summed E-state index contributed by atoms with van der Waals surface area (Å²) in [6, 6.07) is 60.1. The molecule has 3 heterocycles. The smallest absolute Gasteiger partial charge is 0.0798 e. The SMILES string of the molecule is CC(C)Cc1cc(-c2[c-]cccc2)ncc1[Si](C)(C)C.CC(C)c1ccc2cc3s[c-]c(-c4nc5ccccc5n4-c4c(-c5ccccc5)cc(C(C)(C)C)cc4-c4ccccc4)c3cc2c1.[Ir]. The summed E-state index contributed by atoms with van der Waals surface area (Å²) in [4.78, 5) is 10.1. The van der Waals surface area contributed by atoms with Gasteiger partial charge in [-0.3, -0.25) is 16.3 Å². The van der Waals surface area contributed by atoms with Crippen molar-refractivity contribution < 1.29 is 20.1 Å². The van der Waals surface area contributed by atoms with Gasteiger partial charge in [-0.25, -0.2) is 0 Å². The molecular weight excluding hydrogens is 1040 g/mol. The number of hydrogen-bond acceptors (Lipinski definition) is 3. The zero-order valence-electron chi connectivity index (χ0n) is 41.0. The number of aromatic nitrogens is 3. The summed E-state index contributed by atoms with van der Waals surface area (Å²) < 4.78 is 3.62. The van der Waals surface area contributed by atoms with Gasteiger partial charge in [0.15, 0.2) is 0 Å². The van der Waals surface area contributed by atoms with E-state index in [0.29, 0.717) is 11.8 Å². The Bertz CT molecular complexity index is 3280. The summed E-state index contributed by atoms with van der Waals surface area (Å²) >= 11 is 1.68. The molecule has 0 spiro atoms. The molecule has 0 saturated heterocycles. The van der Waals surface area contributed by atoms with Gasteiger partial charge in [-0.1, -0.05) is 199 Å². The van der Waals surface area contributed by atoms with Crippen LogP contribution in [-0.2, 0) is 31.9 Å². The van der Waals surface area contributed by atoms with E-state index in [4.69, 9.17) is 4.98 Å². The molecule has 3 aromatic heterocycles. The molecule has 0 aliphatic rings. The van der Waals surface area contributed by atoms with Gasteiger partial charge in [-0.15, -0.1) is 41.3 Å². The van der Waals surface area contributed by atoms with Gasteiger partial charge in [0.25, 0.3) is 0 Å². The summed E-state index contributed by atoms with van der Waals surface area (Å²) in [6.07, 6.45) is 3.24. The minimum atomic E-state index is -1.34. The van der Waals surface area contributed by atoms with E-state index in [1.54, 1.807) is 11.3 Å². The van der Waals surface area contributed by atoms with Crippen LogP contribution >= 0.6 is 11.3 Å². The van der Waals surface area contributed by atoms with Crippen molar-refractivity contribution in [2.45, 2.75) is 85.9 Å². The number of para-hydroxylation sites is 2. The van der Waals surface area contributed by atoms with E-state index in [2.05, 4.69) is 235 Å². The Hall–Kier alpha value is -5.75. The van der Waals surface area contributed by atoms with Crippen LogP contribution in [-0.4, -0.2) is 22.6 Å². The Morgan fingerprint density at radius 1 is 0.691 bits per heavy atom. The second-order valence-electron chi connectivity index (χ2n) is 20.7. The van der Waals surface area contributed by atoms with Gasteiger partial charge in [0.05, 0.1) is 30.6 Å². The van der Waals surface area contributed by atoms with Crippen LogP contribution in [0.4, 0.5) is 0 Å². The summed E-state index contributed by atoms with van der Waals surface area (Å²) in [5.41, 5.74) is 15.2. The van der Waals surface area contributed by atoms with E-state index in [-0.39, 0.29) is 25.5 Å². The van der Waals surface area contributed by atoms with Gasteiger partial charge in [0, 0.05) is 37.4 Å². The van der Waals surface area contributed by atoms with E-state index in [1.165, 1.54) is 65.0 Å². The Morgan fingerprint density at radius 3 is 1.94 bits per heavy atom. The molecule has 0 aliphatic heterocycles. The van der Waals surface area contributed by atoms with Crippen LogP contribution in [0, 0.1) is 17.4 Å². The van der Waals surface area contributed by atoms with Gasteiger partial charge >= 0.3 is 0 Å². The molecule has 0 unspecified atom stereocenters. The first kappa shape index (κ1) is 48.7. The first-order valence-corrected chi connectivity index (χ1v) is 28.1. The first-order valence-electron chi connectivity index (χ1n) is 23.8. The molecule has 0 bridgehead atoms. The topological polar surface area (TPSA) is 30.7 Å². The van der Waals surface area contributed by atoms with E-state index < -0.39 is 8.07 Å². The fraction of sp³-hybridized carbons (Fsp3) is 0.226. The standard InChI is InChI=1S/C44H37N2S.C18H24NSi.Ir/c1-28(2)31-20-21-32-24-41-37(23-33(32)22-31)38(27-47-41)43-45-39-18-12-13-19-40(39)46(43)42-35(29-14-8-6-9-15-29)25-34(44(3,4)5)26-36(42)30-16-10-7-11-17-30;1-14(2)11-16-12-17(15-9-7-6-8-10-15)19-13-18(16)20(3,4)5;/h6-26,28H,1-5H3;6-9,12-14H,11H2,1-5H3;/q2*-1;. The quantitative estimate of drug-likeness (QED) is 0.107. The van der Waals surface area contributed by atoms with Gasteiger partial charge in [-0.2, -0.15) is 0 Å². The Balaban J connectivity index is 0.000000251. The molecule has 68 heavy (non-hydrogen) atoms. The Labute approximate surface area is 422 Å². The van der Waals surface area contributed by atoms with E-state index >= 15 is 0 Å². The van der Waals surface area contributed by atoms with Crippen LogP contribution in [0.2, 0.25) is 19.6 Å². The van der Waals surface area contributed by atoms with Crippen LogP contribution in [0.15, 0.2) is 164 Å². The minimum absolute atomic E-state index is 0. The van der Waals surface area contributed by atoms with Crippen molar-refractivity contribution in [2.24, 2.45) is 5.92 Å². The van der Waals surface area contributed by atoms with Crippen molar-refractivity contribution in [1.29, 1.82) is 0 Å². The van der Waals surface area contributed by atoms with Crippen molar-refractivity contribution in [3.8, 4) is 50.6 Å². The zero-order valence-corrected chi connectivity index (χ0v) is 45.2. The number of hydrogen-bond donors (Lipinski definition) is 0. The molecule has 1 radical (unpaired) electrons. The van der Waals surface area contributed by atoms with Gasteiger partial charge in [0.2, 0.25) is 0 Å². The van der Waals surface area contributed by atoms with E-state index in [1.807, 2.05) is 18.2 Å². The third-order valence-electron chi connectivity index (χ3n) is 12.7. The van der Waals surface area contributed by atoms with Crippen LogP contribution in [0.1, 0.15) is 71.1 Å². The molecule has 6 heteroatoms. The third-order valence-corrected chi connectivity index (χ3v) is 15.7. The van der Waals surface area contributed by atoms with Crippen molar-refractivity contribution in [3.63, 3.8) is 0 Å². The fourth-order valence-electron chi connectivity index (χ4n) is 9.15. The molecule has 7 aromatic carbocycles. The average Bonchev–Trinajstić information content (AvgIpc) is 3.91. The third kappa shape index (κ3) is 10.2. The molecule has 0 atom stereocenters. The zero-order chi connectivity index (χ0) is 47.0. The molecule has 10 rings (SSSR count). The predicted molar refractivity (Wildman–Crippen MR) is 292 cm³/mol. The largest absolute Gasteiger partial charge is 0.332 e. The second kappa shape index (κ2) is 20.1. The van der Waals surface area contributed by atoms with E-state index in [9.17, 15) is 0 Å². The van der Waals surface area contributed by atoms with Crippen molar-refractivity contribution in [3.05, 3.63) is 192 Å². The number of thiophene rings is 1. The molecule has 0 fully saturated rings. The molecule has 3 nitrogen and oxygen atoms in total. The number of benzene rings is 7. The van der Waals surface area contributed by atoms with Crippen molar-refractivity contribution in [2.75, 3.05) is 0 Å². The first-order chi connectivity index (χ1) is 32.1. The second-order valence-corrected chi connectivity index (χ2v) is 26.6. The molecule has 0 amide bonds. The van der Waals surface area contributed by atoms with Crippen LogP contribution in [0.5, 0.6) is 0 Å². The van der Waals surface area contributed by atoms with Crippen LogP contribution in [0.3, 0.4) is 0 Å². The summed E-state index contributed by atoms with van der Waals surface area (Å²) in [7, 11) is -1.34. The number of rotatable bonds is 9. The predicted octanol–water partition coefficient (Wildman–Crippen LogP) is 16.9. The summed E-state index contributed by atoms with van der Waals surface area (Å²) in [5.74, 6) is 2.05. The number of nitrogens with zero attached hydrogens (tertiary/aromatic N) is 3. The monoisotopic (exact) mass is 1100 g/mol. The maximum Gasteiger partial charge on any atom is 0.0798 e. The molecule has 0 saturated carbocycles. The minimum Gasteiger partial charge on any atom is -0.332 e. The Morgan fingerprint density at radius 2 is 1.34 bits per heavy atom. The van der Waals surface area contributed by atoms with Crippen molar-refractivity contribution in [1.82, 2.24) is 14.5 Å². The molecule has 345 valence electrons. The summed E-state index contributed by atoms with van der Waals surface area (Å²) in [5, 5.41) is 8.92. The van der Waals surface area contributed by atoms with Gasteiger partial charge in [-0.05, 0) is 91.8 Å². The van der Waals surface area contributed by atoms with E-state index in [0.717, 1.165) is 45.8 Å². The van der Waals surface area contributed by atoms with Gasteiger partial charge < -0.3 is 9.55 Å². The average molecular weight is 1100 g/mol. The maximum absolute atomic E-state index is 5.39. The number of imidazole rings is 1. The van der Waals surface area contributed by atoms with Crippen LogP contribution < -0.4 is 5.19 Å². The van der Waals surface area contributed by atoms with Crippen LogP contribution in [0.25, 0.3) is 82.5 Å². The normalized spacial score (nSPS) is 11.9. The molecular formula is C62H61IrN3SSi-2. The van der Waals surface area contributed by atoms with Gasteiger partial charge in [0.1, 0.15) is 0 Å². The maximum atomic E-state index is 5.39. The van der Waals surface area contributed by atoms with Crippen molar-refractivity contribution >= 4 is 56.5 Å². The molecule has 0 N–H and O–H groups in total. The number of fused-ring (bicyclic) bond motifs is 3. The molecule has 0 aliphatic carbocycles.